The molecule has 41 heavy (non-hydrogen) atoms. The molecule has 0 spiro atoms. The molecule has 3 aromatic carbocycles. The summed E-state index contributed by atoms with van der Waals surface area (Å²) in [7, 11) is 0. The molecule has 2 fully saturated rings. The molecule has 1 amide bonds. The summed E-state index contributed by atoms with van der Waals surface area (Å²) in [4.78, 5) is 27.7. The molecule has 6 rings (SSSR count). The lowest BCUT2D eigenvalue weighted by molar-refractivity contribution is -0.279. The van der Waals surface area contributed by atoms with Crippen molar-refractivity contribution >= 4 is 34.6 Å². The second kappa shape index (κ2) is 12.2. The molecule has 0 saturated carbocycles. The summed E-state index contributed by atoms with van der Waals surface area (Å²) in [6.45, 7) is 0.793. The molecule has 212 valence electrons. The molecule has 2 saturated heterocycles. The number of hydrogen-bond acceptors (Lipinski definition) is 10. The van der Waals surface area contributed by atoms with Crippen LogP contribution in [0.2, 0.25) is 5.02 Å². The summed E-state index contributed by atoms with van der Waals surface area (Å²) in [5.41, 5.74) is 3.81. The second-order valence-electron chi connectivity index (χ2n) is 9.76. The van der Waals surface area contributed by atoms with Crippen LogP contribution in [-0.4, -0.2) is 68.6 Å². The predicted octanol–water partition coefficient (Wildman–Crippen LogP) is 3.38. The van der Waals surface area contributed by atoms with Crippen molar-refractivity contribution in [3.63, 3.8) is 0 Å². The van der Waals surface area contributed by atoms with Crippen LogP contribution in [-0.2, 0) is 20.9 Å². The highest BCUT2D eigenvalue weighted by Crippen LogP contribution is 2.30. The van der Waals surface area contributed by atoms with E-state index in [4.69, 9.17) is 21.3 Å². The number of hydrogen-bond donors (Lipinski definition) is 2. The zero-order chi connectivity index (χ0) is 28.2. The van der Waals surface area contributed by atoms with E-state index in [-0.39, 0.29) is 19.4 Å². The van der Waals surface area contributed by atoms with Crippen LogP contribution in [0.15, 0.2) is 79.1 Å². The van der Waals surface area contributed by atoms with Gasteiger partial charge in [0.15, 0.2) is 13.5 Å². The third-order valence-corrected chi connectivity index (χ3v) is 7.33. The number of aromatic nitrogens is 4. The third kappa shape index (κ3) is 6.16. The molecule has 13 heteroatoms. The molecule has 0 radical (unpaired) electrons. The fourth-order valence-electron chi connectivity index (χ4n) is 4.98. The van der Waals surface area contributed by atoms with Crippen molar-refractivity contribution in [3.05, 3.63) is 89.7 Å². The van der Waals surface area contributed by atoms with Gasteiger partial charge in [-0.25, -0.2) is 5.06 Å². The van der Waals surface area contributed by atoms with Gasteiger partial charge >= 0.3 is 0 Å². The summed E-state index contributed by atoms with van der Waals surface area (Å²) in [5, 5.41) is 28.2. The lowest BCUT2D eigenvalue weighted by Crippen LogP contribution is -2.52. The quantitative estimate of drug-likeness (QED) is 0.323. The minimum atomic E-state index is -0.682. The lowest BCUT2D eigenvalue weighted by atomic mass is 10.0. The van der Waals surface area contributed by atoms with Gasteiger partial charge in [0.1, 0.15) is 18.6 Å². The zero-order valence-corrected chi connectivity index (χ0v) is 22.8. The number of nitrogens with one attached hydrogen (secondary N) is 1. The van der Waals surface area contributed by atoms with Crippen LogP contribution in [0.1, 0.15) is 18.4 Å². The Kier molecular flexibility index (Phi) is 8.07. The number of carbonyl (C=O) groups is 1. The molecular weight excluding hydrogens is 548 g/mol. The molecule has 4 aromatic rings. The van der Waals surface area contributed by atoms with Gasteiger partial charge in [-0.3, -0.25) is 14.5 Å². The average molecular weight is 577 g/mol. The Morgan fingerprint density at radius 1 is 1.05 bits per heavy atom. The number of hydroxylamine groups is 3. The van der Waals surface area contributed by atoms with Crippen molar-refractivity contribution < 1.29 is 19.6 Å². The monoisotopic (exact) mass is 576 g/mol. The number of rotatable bonds is 8. The van der Waals surface area contributed by atoms with Gasteiger partial charge in [0.2, 0.25) is 5.91 Å². The fourth-order valence-corrected chi connectivity index (χ4v) is 5.15. The Balaban J connectivity index is 1.17. The van der Waals surface area contributed by atoms with Crippen molar-refractivity contribution in [1.29, 1.82) is 0 Å². The van der Waals surface area contributed by atoms with Crippen LogP contribution in [0.4, 0.5) is 17.1 Å². The summed E-state index contributed by atoms with van der Waals surface area (Å²) in [5.74, 6) is -0.239. The van der Waals surface area contributed by atoms with Gasteiger partial charge in [0.25, 0.3) is 0 Å². The predicted molar refractivity (Wildman–Crippen MR) is 152 cm³/mol. The highest BCUT2D eigenvalue weighted by molar-refractivity contribution is 6.31. The van der Waals surface area contributed by atoms with E-state index in [1.165, 1.54) is 16.1 Å². The van der Waals surface area contributed by atoms with Gasteiger partial charge in [0.05, 0.1) is 11.4 Å². The number of aliphatic hydroxyl groups excluding tert-OH is 1. The van der Waals surface area contributed by atoms with Gasteiger partial charge in [-0.1, -0.05) is 41.9 Å². The van der Waals surface area contributed by atoms with Crippen molar-refractivity contribution in [2.45, 2.75) is 31.5 Å². The first-order valence-corrected chi connectivity index (χ1v) is 13.7. The highest BCUT2D eigenvalue weighted by atomic mass is 35.5. The molecule has 2 unspecified atom stereocenters. The molecule has 0 aliphatic carbocycles. The maximum absolute atomic E-state index is 13.6. The molecule has 1 aromatic heterocycles. The Morgan fingerprint density at radius 2 is 1.88 bits per heavy atom. The van der Waals surface area contributed by atoms with E-state index in [2.05, 4.69) is 20.8 Å². The SMILES string of the molecule is O=C(Nc1ccc(N2CCCC2O)cc1)C(Cc1ccccc1)N1CON(c2cc(Cl)ccc2-n2cnnn2)CO1. The number of halogens is 1. The molecule has 3 heterocycles. The van der Waals surface area contributed by atoms with Gasteiger partial charge < -0.3 is 15.3 Å². The maximum Gasteiger partial charge on any atom is 0.244 e. The minimum Gasteiger partial charge on any atom is -0.374 e. The van der Waals surface area contributed by atoms with E-state index in [0.29, 0.717) is 28.5 Å². The van der Waals surface area contributed by atoms with E-state index in [1.54, 1.807) is 23.3 Å². The zero-order valence-electron chi connectivity index (χ0n) is 22.1. The van der Waals surface area contributed by atoms with Gasteiger partial charge in [-0.2, -0.15) is 4.68 Å². The van der Waals surface area contributed by atoms with E-state index in [1.807, 2.05) is 59.5 Å². The number of benzene rings is 3. The van der Waals surface area contributed by atoms with Crippen molar-refractivity contribution in [1.82, 2.24) is 25.3 Å². The first-order chi connectivity index (χ1) is 20.0. The Labute approximate surface area is 241 Å². The van der Waals surface area contributed by atoms with Crippen LogP contribution in [0.3, 0.4) is 0 Å². The molecule has 2 atom stereocenters. The van der Waals surface area contributed by atoms with Crippen LogP contribution in [0, 0.1) is 0 Å². The Bertz CT molecular complexity index is 1450. The molecule has 12 nitrogen and oxygen atoms in total. The van der Waals surface area contributed by atoms with E-state index in [0.717, 1.165) is 30.6 Å². The van der Waals surface area contributed by atoms with Crippen molar-refractivity contribution in [2.75, 3.05) is 35.3 Å². The van der Waals surface area contributed by atoms with E-state index >= 15 is 0 Å². The molecule has 2 aliphatic heterocycles. The number of aliphatic hydroxyl groups is 1. The Hall–Kier alpha value is -4.07. The minimum absolute atomic E-state index is 0.000889. The number of nitrogens with zero attached hydrogens (tertiary/aromatic N) is 7. The average Bonchev–Trinajstić information content (AvgIpc) is 3.69. The summed E-state index contributed by atoms with van der Waals surface area (Å²) < 4.78 is 1.50. The van der Waals surface area contributed by atoms with Crippen LogP contribution >= 0.6 is 11.6 Å². The fraction of sp³-hybridized carbons (Fsp3) is 0.286. The largest absolute Gasteiger partial charge is 0.374 e. The summed E-state index contributed by atoms with van der Waals surface area (Å²) in [6.07, 6.45) is 3.11. The highest BCUT2D eigenvalue weighted by Gasteiger charge is 2.33. The molecule has 0 bridgehead atoms. The second-order valence-corrected chi connectivity index (χ2v) is 10.2. The first-order valence-electron chi connectivity index (χ1n) is 13.3. The van der Waals surface area contributed by atoms with Crippen molar-refractivity contribution in [3.8, 4) is 5.69 Å². The van der Waals surface area contributed by atoms with Gasteiger partial charge in [-0.05, 0) is 77.7 Å². The number of tetrazole rings is 1. The van der Waals surface area contributed by atoms with Crippen LogP contribution < -0.4 is 15.3 Å². The normalized spacial score (nSPS) is 18.4. The van der Waals surface area contributed by atoms with Gasteiger partial charge in [-0.15, -0.1) is 10.2 Å². The molecule has 2 aliphatic rings. The van der Waals surface area contributed by atoms with E-state index in [9.17, 15) is 9.90 Å². The van der Waals surface area contributed by atoms with Crippen LogP contribution in [0.25, 0.3) is 5.69 Å². The van der Waals surface area contributed by atoms with Crippen LogP contribution in [0.5, 0.6) is 0 Å². The third-order valence-electron chi connectivity index (χ3n) is 7.09. The smallest absolute Gasteiger partial charge is 0.244 e. The van der Waals surface area contributed by atoms with E-state index < -0.39 is 12.3 Å². The summed E-state index contributed by atoms with van der Waals surface area (Å²) >= 11 is 6.28. The molecular formula is C28H29ClN8O4. The first kappa shape index (κ1) is 27.1. The Morgan fingerprint density at radius 3 is 2.56 bits per heavy atom. The maximum atomic E-state index is 13.6. The number of amides is 1. The van der Waals surface area contributed by atoms with Crippen molar-refractivity contribution in [2.24, 2.45) is 0 Å². The summed E-state index contributed by atoms with van der Waals surface area (Å²) in [6, 6.07) is 21.8. The standard InChI is InChI=1S/C28H29ClN8O4/c29-21-8-13-24(35-17-30-32-33-35)25(16-21)36-18-41-37(19-40-36)26(15-20-5-2-1-3-6-20)28(39)31-22-9-11-23(12-10-22)34-14-4-7-27(34)38/h1-3,5-6,8-13,16-17,26-27,38H,4,7,14-15,18-19H2,(H,31,39). The lowest BCUT2D eigenvalue weighted by Gasteiger charge is -2.38. The number of carbonyl (C=O) groups excluding carboxylic acids is 1. The molecule has 2 N–H and O–H groups in total. The number of anilines is 3. The topological polar surface area (TPSA) is 121 Å². The van der Waals surface area contributed by atoms with Gasteiger partial charge in [0, 0.05) is 22.9 Å².